The van der Waals surface area contributed by atoms with E-state index in [1.54, 1.807) is 30.3 Å². The maximum absolute atomic E-state index is 12.8. The first kappa shape index (κ1) is 18.6. The van der Waals surface area contributed by atoms with Gasteiger partial charge in [0.05, 0.1) is 25.4 Å². The summed E-state index contributed by atoms with van der Waals surface area (Å²) in [5, 5.41) is 0.643. The summed E-state index contributed by atoms with van der Waals surface area (Å²) < 4.78 is 16.1. The molecule has 0 radical (unpaired) electrons. The molecule has 7 heteroatoms. The molecule has 0 aliphatic carbocycles. The number of aromatic nitrogens is 1. The van der Waals surface area contributed by atoms with Gasteiger partial charge in [0.2, 0.25) is 5.88 Å². The molecule has 0 N–H and O–H groups in total. The molecule has 1 aliphatic rings. The van der Waals surface area contributed by atoms with Gasteiger partial charge in [0.25, 0.3) is 5.91 Å². The molecule has 26 heavy (non-hydrogen) atoms. The number of amides is 1. The van der Waals surface area contributed by atoms with Crippen LogP contribution in [0.15, 0.2) is 36.5 Å². The van der Waals surface area contributed by atoms with Gasteiger partial charge in [0.1, 0.15) is 6.61 Å². The molecule has 1 aromatic carbocycles. The van der Waals surface area contributed by atoms with Crippen LogP contribution in [0.2, 0.25) is 5.02 Å². The van der Waals surface area contributed by atoms with E-state index in [1.807, 2.05) is 18.2 Å². The fourth-order valence-corrected chi connectivity index (χ4v) is 2.82. The van der Waals surface area contributed by atoms with Crippen molar-refractivity contribution in [3.05, 3.63) is 47.1 Å². The fourth-order valence-electron chi connectivity index (χ4n) is 2.69. The standard InChI is InChI=1S/C19H21ClN2O4/c1-24-10-11-26-18-17(14-2-4-16(20)5-3-14)12-15(13-21-18)19(23)22-6-8-25-9-7-22/h2-5,12-13H,6-11H2,1H3. The van der Waals surface area contributed by atoms with Crippen LogP contribution in [-0.4, -0.2) is 62.4 Å². The minimum Gasteiger partial charge on any atom is -0.475 e. The SMILES string of the molecule is COCCOc1ncc(C(=O)N2CCOCC2)cc1-c1ccc(Cl)cc1. The van der Waals surface area contributed by atoms with Gasteiger partial charge in [-0.1, -0.05) is 23.7 Å². The first-order chi connectivity index (χ1) is 12.7. The third-order valence-corrected chi connectivity index (χ3v) is 4.33. The van der Waals surface area contributed by atoms with Crippen LogP contribution in [-0.2, 0) is 9.47 Å². The van der Waals surface area contributed by atoms with E-state index in [4.69, 9.17) is 25.8 Å². The van der Waals surface area contributed by atoms with Crippen LogP contribution < -0.4 is 4.74 Å². The van der Waals surface area contributed by atoms with Crippen LogP contribution >= 0.6 is 11.6 Å². The first-order valence-corrected chi connectivity index (χ1v) is 8.81. The summed E-state index contributed by atoms with van der Waals surface area (Å²) in [7, 11) is 1.61. The van der Waals surface area contributed by atoms with Gasteiger partial charge < -0.3 is 19.1 Å². The highest BCUT2D eigenvalue weighted by Crippen LogP contribution is 2.30. The molecule has 1 aromatic heterocycles. The van der Waals surface area contributed by atoms with E-state index in [2.05, 4.69) is 4.98 Å². The number of morpholine rings is 1. The van der Waals surface area contributed by atoms with Gasteiger partial charge in [0, 0.05) is 37.0 Å². The van der Waals surface area contributed by atoms with Gasteiger partial charge in [-0.25, -0.2) is 4.98 Å². The Bertz CT molecular complexity index is 746. The second-order valence-corrected chi connectivity index (χ2v) is 6.27. The normalized spacial score (nSPS) is 14.3. The Hall–Kier alpha value is -2.15. The molecule has 0 spiro atoms. The number of pyridine rings is 1. The second kappa shape index (κ2) is 8.98. The van der Waals surface area contributed by atoms with E-state index in [0.717, 1.165) is 11.1 Å². The average molecular weight is 377 g/mol. The summed E-state index contributed by atoms with van der Waals surface area (Å²) in [5.41, 5.74) is 2.15. The van der Waals surface area contributed by atoms with E-state index in [0.29, 0.717) is 56.0 Å². The molecule has 2 aromatic rings. The lowest BCUT2D eigenvalue weighted by Crippen LogP contribution is -2.40. The minimum atomic E-state index is -0.0561. The molecular weight excluding hydrogens is 356 g/mol. The largest absolute Gasteiger partial charge is 0.475 e. The molecule has 2 heterocycles. The van der Waals surface area contributed by atoms with Crippen molar-refractivity contribution in [1.29, 1.82) is 0 Å². The number of carbonyl (C=O) groups excluding carboxylic acids is 1. The summed E-state index contributed by atoms with van der Waals surface area (Å²) in [6.07, 6.45) is 1.55. The van der Waals surface area contributed by atoms with E-state index < -0.39 is 0 Å². The van der Waals surface area contributed by atoms with Gasteiger partial charge in [-0.05, 0) is 23.8 Å². The van der Waals surface area contributed by atoms with Crippen molar-refractivity contribution >= 4 is 17.5 Å². The monoisotopic (exact) mass is 376 g/mol. The maximum Gasteiger partial charge on any atom is 0.255 e. The highest BCUT2D eigenvalue weighted by atomic mass is 35.5. The lowest BCUT2D eigenvalue weighted by molar-refractivity contribution is 0.0302. The number of hydrogen-bond donors (Lipinski definition) is 0. The average Bonchev–Trinajstić information content (AvgIpc) is 2.69. The predicted molar refractivity (Wildman–Crippen MR) is 98.8 cm³/mol. The summed E-state index contributed by atoms with van der Waals surface area (Å²) in [6, 6.07) is 9.17. The van der Waals surface area contributed by atoms with Crippen molar-refractivity contribution in [3.63, 3.8) is 0 Å². The van der Waals surface area contributed by atoms with Gasteiger partial charge in [-0.3, -0.25) is 4.79 Å². The number of hydrogen-bond acceptors (Lipinski definition) is 5. The van der Waals surface area contributed by atoms with E-state index >= 15 is 0 Å². The smallest absolute Gasteiger partial charge is 0.255 e. The number of carbonyl (C=O) groups is 1. The molecule has 1 amide bonds. The molecule has 1 fully saturated rings. The highest BCUT2D eigenvalue weighted by Gasteiger charge is 2.21. The highest BCUT2D eigenvalue weighted by molar-refractivity contribution is 6.30. The third kappa shape index (κ3) is 4.52. The van der Waals surface area contributed by atoms with Crippen LogP contribution in [0.3, 0.4) is 0 Å². The van der Waals surface area contributed by atoms with Crippen LogP contribution in [0.4, 0.5) is 0 Å². The van der Waals surface area contributed by atoms with Crippen molar-refractivity contribution in [2.24, 2.45) is 0 Å². The molecule has 6 nitrogen and oxygen atoms in total. The van der Waals surface area contributed by atoms with Crippen LogP contribution in [0.25, 0.3) is 11.1 Å². The topological polar surface area (TPSA) is 60.9 Å². The summed E-state index contributed by atoms with van der Waals surface area (Å²) in [4.78, 5) is 18.9. The van der Waals surface area contributed by atoms with Crippen molar-refractivity contribution in [1.82, 2.24) is 9.88 Å². The Morgan fingerprint density at radius 2 is 1.96 bits per heavy atom. The molecule has 1 aliphatic heterocycles. The zero-order chi connectivity index (χ0) is 18.4. The maximum atomic E-state index is 12.8. The molecular formula is C19H21ClN2O4. The quantitative estimate of drug-likeness (QED) is 0.725. The molecule has 3 rings (SSSR count). The second-order valence-electron chi connectivity index (χ2n) is 5.83. The lowest BCUT2D eigenvalue weighted by Gasteiger charge is -2.27. The zero-order valence-corrected chi connectivity index (χ0v) is 15.4. The summed E-state index contributed by atoms with van der Waals surface area (Å²) in [6.45, 7) is 3.11. The van der Waals surface area contributed by atoms with Crippen molar-refractivity contribution in [3.8, 4) is 17.0 Å². The zero-order valence-electron chi connectivity index (χ0n) is 14.6. The number of halogens is 1. The van der Waals surface area contributed by atoms with Crippen LogP contribution in [0.1, 0.15) is 10.4 Å². The fraction of sp³-hybridized carbons (Fsp3) is 0.368. The Kier molecular flexibility index (Phi) is 6.44. The Balaban J connectivity index is 1.91. The van der Waals surface area contributed by atoms with E-state index in [-0.39, 0.29) is 5.91 Å². The summed E-state index contributed by atoms with van der Waals surface area (Å²) in [5.74, 6) is 0.405. The van der Waals surface area contributed by atoms with Crippen molar-refractivity contribution < 1.29 is 19.0 Å². The van der Waals surface area contributed by atoms with Crippen LogP contribution in [0.5, 0.6) is 5.88 Å². The lowest BCUT2D eigenvalue weighted by atomic mass is 10.0. The molecule has 0 saturated carbocycles. The van der Waals surface area contributed by atoms with Crippen molar-refractivity contribution in [2.45, 2.75) is 0 Å². The van der Waals surface area contributed by atoms with Crippen LogP contribution in [0, 0.1) is 0 Å². The number of methoxy groups -OCH3 is 1. The molecule has 1 saturated heterocycles. The van der Waals surface area contributed by atoms with E-state index in [1.165, 1.54) is 0 Å². The van der Waals surface area contributed by atoms with Crippen molar-refractivity contribution in [2.75, 3.05) is 46.6 Å². The van der Waals surface area contributed by atoms with Gasteiger partial charge >= 0.3 is 0 Å². The molecule has 0 unspecified atom stereocenters. The first-order valence-electron chi connectivity index (χ1n) is 8.44. The number of benzene rings is 1. The molecule has 0 atom stereocenters. The van der Waals surface area contributed by atoms with E-state index in [9.17, 15) is 4.79 Å². The Labute approximate surface area is 157 Å². The van der Waals surface area contributed by atoms with Gasteiger partial charge in [0.15, 0.2) is 0 Å². The minimum absolute atomic E-state index is 0.0561. The number of rotatable bonds is 6. The predicted octanol–water partition coefficient (Wildman–Crippen LogP) is 2.90. The number of ether oxygens (including phenoxy) is 3. The summed E-state index contributed by atoms with van der Waals surface area (Å²) >= 11 is 5.99. The Morgan fingerprint density at radius 1 is 1.23 bits per heavy atom. The van der Waals surface area contributed by atoms with Gasteiger partial charge in [-0.2, -0.15) is 0 Å². The number of nitrogens with zero attached hydrogens (tertiary/aromatic N) is 2. The Morgan fingerprint density at radius 3 is 2.65 bits per heavy atom. The van der Waals surface area contributed by atoms with Gasteiger partial charge in [-0.15, -0.1) is 0 Å². The third-order valence-electron chi connectivity index (χ3n) is 4.08. The molecule has 138 valence electrons. The molecule has 0 bridgehead atoms.